The van der Waals surface area contributed by atoms with Crippen molar-refractivity contribution in [2.24, 2.45) is 17.8 Å². The Bertz CT molecular complexity index is 1020. The van der Waals surface area contributed by atoms with Gasteiger partial charge < -0.3 is 45.6 Å². The normalized spacial score (nSPS) is 40.4. The van der Waals surface area contributed by atoms with Crippen molar-refractivity contribution in [1.82, 2.24) is 0 Å². The molecule has 0 fully saturated rings. The lowest BCUT2D eigenvalue weighted by Gasteiger charge is -2.26. The van der Waals surface area contributed by atoms with Crippen LogP contribution in [-0.2, 0) is 9.53 Å². The third kappa shape index (κ3) is 18.7. The Hall–Kier alpha value is -2.41. The zero-order chi connectivity index (χ0) is 34.6. The molecule has 0 aromatic carbocycles. The summed E-state index contributed by atoms with van der Waals surface area (Å²) in [6.45, 7) is 7.40. The molecule has 1 rings (SSSR count). The van der Waals surface area contributed by atoms with E-state index < -0.39 is 66.8 Å². The van der Waals surface area contributed by atoms with Gasteiger partial charge in [-0.15, -0.1) is 0 Å². The Labute approximate surface area is 274 Å². The third-order valence-corrected chi connectivity index (χ3v) is 8.01. The Kier molecular flexibility index (Phi) is 20.8. The highest BCUT2D eigenvalue weighted by Crippen LogP contribution is 2.22. The van der Waals surface area contributed by atoms with Gasteiger partial charge in [0.1, 0.15) is 6.10 Å². The molecule has 0 aromatic heterocycles. The van der Waals surface area contributed by atoms with Gasteiger partial charge in [-0.05, 0) is 44.4 Å². The fourth-order valence-electron chi connectivity index (χ4n) is 5.31. The van der Waals surface area contributed by atoms with E-state index in [-0.39, 0.29) is 50.4 Å². The number of carbonyl (C=O) groups excluding carboxylic acids is 1. The molecule has 1 aliphatic heterocycles. The van der Waals surface area contributed by atoms with Crippen LogP contribution in [0.5, 0.6) is 0 Å². The van der Waals surface area contributed by atoms with Crippen LogP contribution < -0.4 is 0 Å². The number of allylic oxidation sites excluding steroid dienone is 8. The zero-order valence-corrected chi connectivity index (χ0v) is 27.7. The predicted octanol–water partition coefficient (Wildman–Crippen LogP) is 2.80. The van der Waals surface area contributed by atoms with Gasteiger partial charge in [0.05, 0.1) is 48.8 Å². The summed E-state index contributed by atoms with van der Waals surface area (Å²) in [6.07, 6.45) is 11.3. The second-order valence-corrected chi connectivity index (χ2v) is 12.8. The van der Waals surface area contributed by atoms with Crippen molar-refractivity contribution in [2.45, 2.75) is 128 Å². The SMILES string of the molecule is CC(C)C1OC(=O)\C=C/C=C\C=C/C=C\C=C/CC(O)C(C)C(O)CC(O)CC(O)CC(O)CC(O)CC(O)CC(O)/C=C\C1C. The number of hydrogen-bond acceptors (Lipinski definition) is 10. The molecule has 8 N–H and O–H groups in total. The molecule has 0 amide bonds. The number of hydrogen-bond donors (Lipinski definition) is 8. The van der Waals surface area contributed by atoms with Crippen LogP contribution in [0.1, 0.15) is 72.6 Å². The minimum Gasteiger partial charge on any atom is -0.458 e. The first-order chi connectivity index (χ1) is 21.7. The van der Waals surface area contributed by atoms with Gasteiger partial charge in [0.2, 0.25) is 0 Å². The number of cyclic esters (lactones) is 1. The maximum absolute atomic E-state index is 12.4. The average Bonchev–Trinajstić information content (AvgIpc) is 2.95. The smallest absolute Gasteiger partial charge is 0.331 e. The highest BCUT2D eigenvalue weighted by atomic mass is 16.5. The van der Waals surface area contributed by atoms with Crippen LogP contribution in [-0.4, -0.2) is 102 Å². The van der Waals surface area contributed by atoms with Gasteiger partial charge in [0, 0.05) is 24.3 Å². The molecule has 0 bridgehead atoms. The van der Waals surface area contributed by atoms with Gasteiger partial charge in [-0.2, -0.15) is 0 Å². The molecule has 0 saturated carbocycles. The molecular formula is C36H58O10. The van der Waals surface area contributed by atoms with E-state index >= 15 is 0 Å². The van der Waals surface area contributed by atoms with Gasteiger partial charge >= 0.3 is 5.97 Å². The lowest BCUT2D eigenvalue weighted by Crippen LogP contribution is -2.34. The lowest BCUT2D eigenvalue weighted by atomic mass is 9.90. The maximum atomic E-state index is 12.4. The Morgan fingerprint density at radius 1 is 0.609 bits per heavy atom. The summed E-state index contributed by atoms with van der Waals surface area (Å²) in [6, 6.07) is 0. The average molecular weight is 651 g/mol. The van der Waals surface area contributed by atoms with Crippen molar-refractivity contribution in [3.05, 3.63) is 72.9 Å². The van der Waals surface area contributed by atoms with E-state index in [0.717, 1.165) is 0 Å². The molecule has 0 spiro atoms. The van der Waals surface area contributed by atoms with Gasteiger partial charge in [-0.1, -0.05) is 94.5 Å². The fraction of sp³-hybridized carbons (Fsp3) is 0.639. The van der Waals surface area contributed by atoms with Crippen LogP contribution in [0, 0.1) is 17.8 Å². The minimum atomic E-state index is -1.10. The van der Waals surface area contributed by atoms with E-state index in [1.807, 2.05) is 20.8 Å². The minimum absolute atomic E-state index is 0.00324. The topological polar surface area (TPSA) is 188 Å². The highest BCUT2D eigenvalue weighted by Gasteiger charge is 2.27. The van der Waals surface area contributed by atoms with E-state index in [0.29, 0.717) is 6.42 Å². The second-order valence-electron chi connectivity index (χ2n) is 12.8. The molecule has 1 aliphatic rings. The van der Waals surface area contributed by atoms with Crippen LogP contribution in [0.25, 0.3) is 0 Å². The zero-order valence-electron chi connectivity index (χ0n) is 27.7. The van der Waals surface area contributed by atoms with Gasteiger partial charge in [0.15, 0.2) is 0 Å². The summed E-state index contributed by atoms with van der Waals surface area (Å²) >= 11 is 0. The second kappa shape index (κ2) is 23.0. The molecule has 46 heavy (non-hydrogen) atoms. The molecule has 0 aromatic rings. The molecule has 0 radical (unpaired) electrons. The van der Waals surface area contributed by atoms with E-state index in [1.54, 1.807) is 67.7 Å². The van der Waals surface area contributed by atoms with Crippen LogP contribution in [0.2, 0.25) is 0 Å². The van der Waals surface area contributed by atoms with Gasteiger partial charge in [0.25, 0.3) is 0 Å². The summed E-state index contributed by atoms with van der Waals surface area (Å²) < 4.78 is 5.65. The van der Waals surface area contributed by atoms with Crippen molar-refractivity contribution in [3.8, 4) is 0 Å². The maximum Gasteiger partial charge on any atom is 0.331 e. The van der Waals surface area contributed by atoms with Gasteiger partial charge in [-0.25, -0.2) is 4.79 Å². The first kappa shape index (κ1) is 41.6. The Balaban J connectivity index is 2.98. The van der Waals surface area contributed by atoms with E-state index in [1.165, 1.54) is 12.2 Å². The lowest BCUT2D eigenvalue weighted by molar-refractivity contribution is -0.147. The van der Waals surface area contributed by atoms with Crippen molar-refractivity contribution in [2.75, 3.05) is 0 Å². The van der Waals surface area contributed by atoms with Crippen LogP contribution in [0.3, 0.4) is 0 Å². The van der Waals surface area contributed by atoms with Gasteiger partial charge in [-0.3, -0.25) is 0 Å². The van der Waals surface area contributed by atoms with Crippen LogP contribution in [0.15, 0.2) is 72.9 Å². The largest absolute Gasteiger partial charge is 0.458 e. The standard InChI is InChI=1S/C36H58O10/c1-24(2)36-25(3)16-17-27(37)18-28(38)19-29(39)20-30(40)21-31(41)22-32(42)23-34(44)26(4)33(43)14-12-10-8-6-5-7-9-11-13-15-35(45)46-36/h5-13,15-17,24-34,36-44H,14,18-23H2,1-4H3/b7-5-,8-6-,11-9-,12-10-,15-13-,17-16-. The summed E-state index contributed by atoms with van der Waals surface area (Å²) in [5.41, 5.74) is 0. The van der Waals surface area contributed by atoms with Crippen molar-refractivity contribution >= 4 is 5.97 Å². The van der Waals surface area contributed by atoms with E-state index in [2.05, 4.69) is 0 Å². The molecule has 0 saturated heterocycles. The monoisotopic (exact) mass is 650 g/mol. The first-order valence-corrected chi connectivity index (χ1v) is 16.4. The van der Waals surface area contributed by atoms with E-state index in [9.17, 15) is 45.6 Å². The summed E-state index contributed by atoms with van der Waals surface area (Å²) in [5.74, 6) is -1.25. The Morgan fingerprint density at radius 3 is 1.59 bits per heavy atom. The van der Waals surface area contributed by atoms with Crippen molar-refractivity contribution in [1.29, 1.82) is 0 Å². The predicted molar refractivity (Wildman–Crippen MR) is 178 cm³/mol. The Morgan fingerprint density at radius 2 is 1.07 bits per heavy atom. The van der Waals surface area contributed by atoms with Crippen molar-refractivity contribution < 1.29 is 50.4 Å². The van der Waals surface area contributed by atoms with Crippen molar-refractivity contribution in [3.63, 3.8) is 0 Å². The summed E-state index contributed by atoms with van der Waals surface area (Å²) in [7, 11) is 0. The molecular weight excluding hydrogens is 592 g/mol. The number of esters is 1. The molecule has 11 unspecified atom stereocenters. The fourth-order valence-corrected chi connectivity index (χ4v) is 5.31. The highest BCUT2D eigenvalue weighted by molar-refractivity contribution is 5.82. The number of carbonyl (C=O) groups is 1. The summed E-state index contributed by atoms with van der Waals surface area (Å²) in [4.78, 5) is 12.4. The number of ether oxygens (including phenoxy) is 1. The van der Waals surface area contributed by atoms with Crippen LogP contribution >= 0.6 is 0 Å². The summed E-state index contributed by atoms with van der Waals surface area (Å²) in [5, 5.41) is 83.2. The van der Waals surface area contributed by atoms with Crippen LogP contribution in [0.4, 0.5) is 0 Å². The molecule has 10 nitrogen and oxygen atoms in total. The number of rotatable bonds is 1. The number of aliphatic hydroxyl groups excluding tert-OH is 8. The first-order valence-electron chi connectivity index (χ1n) is 16.4. The molecule has 10 heteroatoms. The third-order valence-electron chi connectivity index (χ3n) is 8.01. The molecule has 0 aliphatic carbocycles. The van der Waals surface area contributed by atoms with E-state index in [4.69, 9.17) is 4.74 Å². The molecule has 262 valence electrons. The quantitative estimate of drug-likeness (QED) is 0.155. The number of aliphatic hydroxyl groups is 8. The molecule has 1 heterocycles. The molecule has 11 atom stereocenters.